The maximum Gasteiger partial charge on any atom is 0.309 e. The highest BCUT2D eigenvalue weighted by molar-refractivity contribution is 6.32. The zero-order chi connectivity index (χ0) is 14.7. The lowest BCUT2D eigenvalue weighted by atomic mass is 10.2. The van der Waals surface area contributed by atoms with Gasteiger partial charge < -0.3 is 10.1 Å². The van der Waals surface area contributed by atoms with E-state index in [9.17, 15) is 9.59 Å². The summed E-state index contributed by atoms with van der Waals surface area (Å²) < 4.78 is 5.05. The maximum atomic E-state index is 11.9. The Labute approximate surface area is 121 Å². The fourth-order valence-electron chi connectivity index (χ4n) is 1.57. The second kappa shape index (κ2) is 5.93. The lowest BCUT2D eigenvalue weighted by Gasteiger charge is -2.13. The summed E-state index contributed by atoms with van der Waals surface area (Å²) in [5, 5.41) is 11.6. The van der Waals surface area contributed by atoms with Gasteiger partial charge in [0.15, 0.2) is 6.10 Å². The van der Waals surface area contributed by atoms with Crippen LogP contribution in [-0.2, 0) is 14.3 Å². The van der Waals surface area contributed by atoms with E-state index in [0.29, 0.717) is 11.3 Å². The molecule has 20 heavy (non-hydrogen) atoms. The monoisotopic (exact) mass is 292 g/mol. The highest BCUT2D eigenvalue weighted by Crippen LogP contribution is 2.30. The van der Waals surface area contributed by atoms with Crippen molar-refractivity contribution in [1.29, 1.82) is 5.26 Å². The number of carbonyl (C=O) groups excluding carboxylic acids is 2. The van der Waals surface area contributed by atoms with Crippen molar-refractivity contribution in [3.8, 4) is 6.07 Å². The fraction of sp³-hybridized carbons (Fsp3) is 0.357. The molecule has 1 aliphatic carbocycles. The number of nitriles is 1. The van der Waals surface area contributed by atoms with E-state index >= 15 is 0 Å². The quantitative estimate of drug-likeness (QED) is 0.865. The van der Waals surface area contributed by atoms with E-state index in [0.717, 1.165) is 12.8 Å². The van der Waals surface area contributed by atoms with Crippen LogP contribution in [-0.4, -0.2) is 18.0 Å². The zero-order valence-electron chi connectivity index (χ0n) is 10.9. The molecule has 0 spiro atoms. The fourth-order valence-corrected chi connectivity index (χ4v) is 1.79. The standard InChI is InChI=1S/C14H13ClN2O3/c1-8(20-14(19)9-2-3-9)13(18)17-11-5-4-10(7-16)12(15)6-11/h4-6,8-9H,2-3H2,1H3,(H,17,18)/t8-/m1/s1. The first-order valence-corrected chi connectivity index (χ1v) is 6.60. The number of nitrogens with one attached hydrogen (secondary N) is 1. The van der Waals surface area contributed by atoms with Gasteiger partial charge in [-0.25, -0.2) is 0 Å². The van der Waals surface area contributed by atoms with Gasteiger partial charge in [0.05, 0.1) is 16.5 Å². The molecular formula is C14H13ClN2O3. The third kappa shape index (κ3) is 3.49. The number of carbonyl (C=O) groups is 2. The van der Waals surface area contributed by atoms with Crippen LogP contribution in [0, 0.1) is 17.2 Å². The number of nitrogens with zero attached hydrogens (tertiary/aromatic N) is 1. The number of ether oxygens (including phenoxy) is 1. The van der Waals surface area contributed by atoms with Crippen LogP contribution in [0.1, 0.15) is 25.3 Å². The van der Waals surface area contributed by atoms with Gasteiger partial charge in [-0.05, 0) is 38.0 Å². The molecule has 0 heterocycles. The summed E-state index contributed by atoms with van der Waals surface area (Å²) in [7, 11) is 0. The lowest BCUT2D eigenvalue weighted by Crippen LogP contribution is -2.30. The molecule has 1 amide bonds. The van der Waals surface area contributed by atoms with Crippen molar-refractivity contribution < 1.29 is 14.3 Å². The summed E-state index contributed by atoms with van der Waals surface area (Å²) in [6.45, 7) is 1.51. The lowest BCUT2D eigenvalue weighted by molar-refractivity contribution is -0.154. The largest absolute Gasteiger partial charge is 0.452 e. The Bertz CT molecular complexity index is 591. The van der Waals surface area contributed by atoms with Gasteiger partial charge in [-0.2, -0.15) is 5.26 Å². The first-order chi connectivity index (χ1) is 9.51. The van der Waals surface area contributed by atoms with Crippen LogP contribution in [0.4, 0.5) is 5.69 Å². The molecule has 1 saturated carbocycles. The Morgan fingerprint density at radius 1 is 1.50 bits per heavy atom. The average molecular weight is 293 g/mol. The van der Waals surface area contributed by atoms with E-state index in [1.54, 1.807) is 6.07 Å². The van der Waals surface area contributed by atoms with Gasteiger partial charge >= 0.3 is 5.97 Å². The van der Waals surface area contributed by atoms with Crippen LogP contribution in [0.5, 0.6) is 0 Å². The van der Waals surface area contributed by atoms with Crippen LogP contribution >= 0.6 is 11.6 Å². The van der Waals surface area contributed by atoms with Crippen molar-refractivity contribution in [1.82, 2.24) is 0 Å². The van der Waals surface area contributed by atoms with Crippen LogP contribution in [0.3, 0.4) is 0 Å². The predicted octanol–water partition coefficient (Wildman–Crippen LogP) is 2.49. The molecule has 1 atom stereocenters. The Kier molecular flexibility index (Phi) is 4.26. The first-order valence-electron chi connectivity index (χ1n) is 6.22. The van der Waals surface area contributed by atoms with Gasteiger partial charge in [0.1, 0.15) is 6.07 Å². The highest BCUT2D eigenvalue weighted by atomic mass is 35.5. The number of anilines is 1. The minimum Gasteiger partial charge on any atom is -0.452 e. The Morgan fingerprint density at radius 3 is 2.75 bits per heavy atom. The number of hydrogen-bond donors (Lipinski definition) is 1. The Morgan fingerprint density at radius 2 is 2.20 bits per heavy atom. The summed E-state index contributed by atoms with van der Waals surface area (Å²) in [6.07, 6.45) is 0.800. The molecule has 1 aromatic rings. The second-order valence-corrected chi connectivity index (χ2v) is 5.06. The van der Waals surface area contributed by atoms with Gasteiger partial charge in [0, 0.05) is 5.69 Å². The number of halogens is 1. The van der Waals surface area contributed by atoms with Gasteiger partial charge in [0.25, 0.3) is 5.91 Å². The molecule has 1 N–H and O–H groups in total. The minimum atomic E-state index is -0.863. The van der Waals surface area contributed by atoms with Crippen LogP contribution in [0.2, 0.25) is 5.02 Å². The maximum absolute atomic E-state index is 11.9. The average Bonchev–Trinajstić information content (AvgIpc) is 3.23. The van der Waals surface area contributed by atoms with Gasteiger partial charge in [0.2, 0.25) is 0 Å². The molecular weight excluding hydrogens is 280 g/mol. The number of rotatable bonds is 4. The molecule has 2 rings (SSSR count). The molecule has 0 unspecified atom stereocenters. The first kappa shape index (κ1) is 14.4. The second-order valence-electron chi connectivity index (χ2n) is 4.65. The van der Waals surface area contributed by atoms with E-state index in [4.69, 9.17) is 21.6 Å². The Hall–Kier alpha value is -2.06. The smallest absolute Gasteiger partial charge is 0.309 e. The van der Waals surface area contributed by atoms with Crippen molar-refractivity contribution >= 4 is 29.2 Å². The molecule has 0 aromatic heterocycles. The highest BCUT2D eigenvalue weighted by Gasteiger charge is 2.33. The molecule has 0 saturated heterocycles. The van der Waals surface area contributed by atoms with Gasteiger partial charge in [-0.1, -0.05) is 11.6 Å². The zero-order valence-corrected chi connectivity index (χ0v) is 11.6. The number of benzene rings is 1. The molecule has 1 aromatic carbocycles. The van der Waals surface area contributed by atoms with Crippen LogP contribution in [0.25, 0.3) is 0 Å². The van der Waals surface area contributed by atoms with E-state index in [-0.39, 0.29) is 16.9 Å². The summed E-state index contributed by atoms with van der Waals surface area (Å²) >= 11 is 5.87. The van der Waals surface area contributed by atoms with Crippen molar-refractivity contribution in [2.45, 2.75) is 25.9 Å². The predicted molar refractivity (Wildman–Crippen MR) is 73.1 cm³/mol. The molecule has 6 heteroatoms. The third-order valence-electron chi connectivity index (χ3n) is 2.93. The van der Waals surface area contributed by atoms with Crippen molar-refractivity contribution in [3.05, 3.63) is 28.8 Å². The minimum absolute atomic E-state index is 0.0467. The normalized spacial score (nSPS) is 15.1. The number of esters is 1. The van der Waals surface area contributed by atoms with Crippen molar-refractivity contribution in [2.24, 2.45) is 5.92 Å². The number of amides is 1. The topological polar surface area (TPSA) is 79.2 Å². The van der Waals surface area contributed by atoms with Gasteiger partial charge in [-0.3, -0.25) is 9.59 Å². The van der Waals surface area contributed by atoms with Crippen LogP contribution in [0.15, 0.2) is 18.2 Å². The van der Waals surface area contributed by atoms with Crippen molar-refractivity contribution in [2.75, 3.05) is 5.32 Å². The van der Waals surface area contributed by atoms with E-state index in [1.807, 2.05) is 6.07 Å². The molecule has 104 valence electrons. The van der Waals surface area contributed by atoms with E-state index < -0.39 is 12.0 Å². The molecule has 0 radical (unpaired) electrons. The SMILES string of the molecule is C[C@@H](OC(=O)C1CC1)C(=O)Nc1ccc(C#N)c(Cl)c1. The molecule has 1 fully saturated rings. The van der Waals surface area contributed by atoms with E-state index in [1.165, 1.54) is 19.1 Å². The molecule has 1 aliphatic rings. The van der Waals surface area contributed by atoms with Gasteiger partial charge in [-0.15, -0.1) is 0 Å². The summed E-state index contributed by atoms with van der Waals surface area (Å²) in [4.78, 5) is 23.3. The molecule has 5 nitrogen and oxygen atoms in total. The van der Waals surface area contributed by atoms with Crippen LogP contribution < -0.4 is 5.32 Å². The number of hydrogen-bond acceptors (Lipinski definition) is 4. The summed E-state index contributed by atoms with van der Waals surface area (Å²) in [5.74, 6) is -0.806. The molecule has 0 bridgehead atoms. The van der Waals surface area contributed by atoms with E-state index in [2.05, 4.69) is 5.32 Å². The third-order valence-corrected chi connectivity index (χ3v) is 3.24. The molecule has 0 aliphatic heterocycles. The van der Waals surface area contributed by atoms with Crippen molar-refractivity contribution in [3.63, 3.8) is 0 Å². The summed E-state index contributed by atoms with van der Waals surface area (Å²) in [6, 6.07) is 6.49. The Balaban J connectivity index is 1.94. The summed E-state index contributed by atoms with van der Waals surface area (Å²) in [5.41, 5.74) is 0.784.